The van der Waals surface area contributed by atoms with Crippen molar-refractivity contribution in [2.45, 2.75) is 13.8 Å². The monoisotopic (exact) mass is 301 g/mol. The molecule has 2 heterocycles. The number of hydrogen-bond acceptors (Lipinski definition) is 4. The fourth-order valence-corrected chi connectivity index (χ4v) is 1.65. The molecule has 0 radical (unpaired) electrons. The summed E-state index contributed by atoms with van der Waals surface area (Å²) in [6.07, 6.45) is 3.08. The Labute approximate surface area is 129 Å². The standard InChI is InChI=1S/C10H14N2O.C6H5NO2/c1-3-12(4-2)10(13)9-7-5-6-8-11-9;8-6(9)5-3-1-2-4-7-5/h5-8H,3-4H2,1-2H3;1-4H,(H,8,9). The van der Waals surface area contributed by atoms with Crippen LogP contribution in [0, 0.1) is 0 Å². The van der Waals surface area contributed by atoms with Crippen molar-refractivity contribution < 1.29 is 14.7 Å². The van der Waals surface area contributed by atoms with E-state index in [1.165, 1.54) is 12.3 Å². The Balaban J connectivity index is 0.000000235. The van der Waals surface area contributed by atoms with Crippen LogP contribution in [0.2, 0.25) is 0 Å². The summed E-state index contributed by atoms with van der Waals surface area (Å²) in [6, 6.07) is 10.1. The highest BCUT2D eigenvalue weighted by atomic mass is 16.4. The first kappa shape index (κ1) is 17.3. The molecule has 22 heavy (non-hydrogen) atoms. The number of carbonyl (C=O) groups is 2. The van der Waals surface area contributed by atoms with Crippen molar-refractivity contribution in [3.8, 4) is 0 Å². The lowest BCUT2D eigenvalue weighted by atomic mass is 10.3. The van der Waals surface area contributed by atoms with Gasteiger partial charge in [0.2, 0.25) is 0 Å². The van der Waals surface area contributed by atoms with Crippen LogP contribution < -0.4 is 0 Å². The van der Waals surface area contributed by atoms with Gasteiger partial charge < -0.3 is 10.0 Å². The van der Waals surface area contributed by atoms with Gasteiger partial charge in [0.25, 0.3) is 5.91 Å². The molecule has 2 rings (SSSR count). The molecule has 0 fully saturated rings. The minimum absolute atomic E-state index is 0.00519. The number of nitrogens with zero attached hydrogens (tertiary/aromatic N) is 3. The van der Waals surface area contributed by atoms with E-state index in [0.29, 0.717) is 5.69 Å². The summed E-state index contributed by atoms with van der Waals surface area (Å²) in [5.74, 6) is -0.985. The highest BCUT2D eigenvalue weighted by molar-refractivity contribution is 5.92. The minimum atomic E-state index is -0.990. The van der Waals surface area contributed by atoms with Gasteiger partial charge in [-0.15, -0.1) is 0 Å². The molecule has 6 nitrogen and oxygen atoms in total. The van der Waals surface area contributed by atoms with Gasteiger partial charge in [0, 0.05) is 25.5 Å². The van der Waals surface area contributed by atoms with Crippen LogP contribution >= 0.6 is 0 Å². The first-order valence-electron chi connectivity index (χ1n) is 6.94. The van der Waals surface area contributed by atoms with Gasteiger partial charge in [-0.05, 0) is 38.1 Å². The number of rotatable bonds is 4. The molecule has 1 N–H and O–H groups in total. The maximum absolute atomic E-state index is 11.7. The van der Waals surface area contributed by atoms with Crippen molar-refractivity contribution in [3.05, 3.63) is 60.2 Å². The van der Waals surface area contributed by atoms with Gasteiger partial charge in [-0.25, -0.2) is 9.78 Å². The third-order valence-corrected chi connectivity index (χ3v) is 2.82. The van der Waals surface area contributed by atoms with Crippen molar-refractivity contribution in [3.63, 3.8) is 0 Å². The van der Waals surface area contributed by atoms with Crippen LogP contribution in [-0.4, -0.2) is 44.9 Å². The SMILES string of the molecule is CCN(CC)C(=O)c1ccccn1.O=C(O)c1ccccn1. The molecule has 1 amide bonds. The summed E-state index contributed by atoms with van der Waals surface area (Å²) in [6.45, 7) is 5.38. The van der Waals surface area contributed by atoms with E-state index in [9.17, 15) is 9.59 Å². The normalized spacial score (nSPS) is 9.36. The van der Waals surface area contributed by atoms with Crippen LogP contribution in [0.15, 0.2) is 48.8 Å². The molecule has 0 saturated carbocycles. The third-order valence-electron chi connectivity index (χ3n) is 2.82. The second kappa shape index (κ2) is 9.23. The van der Waals surface area contributed by atoms with Gasteiger partial charge in [0.1, 0.15) is 11.4 Å². The lowest BCUT2D eigenvalue weighted by Crippen LogP contribution is -2.30. The lowest BCUT2D eigenvalue weighted by Gasteiger charge is -2.17. The number of aromatic nitrogens is 2. The quantitative estimate of drug-likeness (QED) is 0.937. The van der Waals surface area contributed by atoms with E-state index in [4.69, 9.17) is 5.11 Å². The van der Waals surface area contributed by atoms with Crippen LogP contribution in [0.25, 0.3) is 0 Å². The molecular weight excluding hydrogens is 282 g/mol. The van der Waals surface area contributed by atoms with E-state index in [1.54, 1.807) is 35.4 Å². The fraction of sp³-hybridized carbons (Fsp3) is 0.250. The molecule has 0 atom stereocenters. The van der Waals surface area contributed by atoms with Crippen LogP contribution in [0.3, 0.4) is 0 Å². The molecule has 0 aliphatic carbocycles. The molecule has 0 spiro atoms. The van der Waals surface area contributed by atoms with Crippen LogP contribution in [0.4, 0.5) is 0 Å². The minimum Gasteiger partial charge on any atom is -0.477 e. The summed E-state index contributed by atoms with van der Waals surface area (Å²) in [4.78, 5) is 31.1. The van der Waals surface area contributed by atoms with Crippen molar-refractivity contribution in [1.29, 1.82) is 0 Å². The zero-order chi connectivity index (χ0) is 16.4. The highest BCUT2D eigenvalue weighted by Gasteiger charge is 2.12. The van der Waals surface area contributed by atoms with Crippen LogP contribution in [0.1, 0.15) is 34.8 Å². The fourth-order valence-electron chi connectivity index (χ4n) is 1.65. The number of carboxylic acids is 1. The number of aromatic carboxylic acids is 1. The molecule has 0 aliphatic heterocycles. The average Bonchev–Trinajstić information content (AvgIpc) is 2.58. The Morgan fingerprint density at radius 1 is 0.955 bits per heavy atom. The van der Waals surface area contributed by atoms with Gasteiger partial charge in [0.05, 0.1) is 0 Å². The molecule has 2 aromatic rings. The van der Waals surface area contributed by atoms with E-state index >= 15 is 0 Å². The Hall–Kier alpha value is -2.76. The lowest BCUT2D eigenvalue weighted by molar-refractivity contribution is 0.0689. The predicted molar refractivity (Wildman–Crippen MR) is 82.7 cm³/mol. The zero-order valence-corrected chi connectivity index (χ0v) is 12.6. The van der Waals surface area contributed by atoms with E-state index in [1.807, 2.05) is 19.9 Å². The summed E-state index contributed by atoms with van der Waals surface area (Å²) in [7, 11) is 0. The van der Waals surface area contributed by atoms with E-state index < -0.39 is 5.97 Å². The molecule has 0 bridgehead atoms. The van der Waals surface area contributed by atoms with Crippen molar-refractivity contribution in [1.82, 2.24) is 14.9 Å². The Kier molecular flexibility index (Phi) is 7.25. The molecule has 0 saturated heterocycles. The Bertz CT molecular complexity index is 584. The average molecular weight is 301 g/mol. The number of pyridine rings is 2. The third kappa shape index (κ3) is 5.32. The summed E-state index contributed by atoms with van der Waals surface area (Å²) in [5, 5.41) is 8.32. The van der Waals surface area contributed by atoms with E-state index in [0.717, 1.165) is 13.1 Å². The molecule has 0 aromatic carbocycles. The van der Waals surface area contributed by atoms with Gasteiger partial charge in [-0.1, -0.05) is 12.1 Å². The molecule has 6 heteroatoms. The van der Waals surface area contributed by atoms with Gasteiger partial charge in [-0.3, -0.25) is 9.78 Å². The number of carboxylic acid groups (broad SMARTS) is 1. The van der Waals surface area contributed by atoms with Gasteiger partial charge >= 0.3 is 5.97 Å². The van der Waals surface area contributed by atoms with Crippen LogP contribution in [0.5, 0.6) is 0 Å². The highest BCUT2D eigenvalue weighted by Crippen LogP contribution is 2.00. The second-order valence-corrected chi connectivity index (χ2v) is 4.21. The first-order chi connectivity index (χ1) is 10.6. The number of amides is 1. The maximum Gasteiger partial charge on any atom is 0.354 e. The predicted octanol–water partition coefficient (Wildman–Crippen LogP) is 2.34. The van der Waals surface area contributed by atoms with Gasteiger partial charge in [-0.2, -0.15) is 0 Å². The largest absolute Gasteiger partial charge is 0.477 e. The number of hydrogen-bond donors (Lipinski definition) is 1. The summed E-state index contributed by atoms with van der Waals surface area (Å²) >= 11 is 0. The summed E-state index contributed by atoms with van der Waals surface area (Å²) in [5.41, 5.74) is 0.601. The Morgan fingerprint density at radius 2 is 1.45 bits per heavy atom. The maximum atomic E-state index is 11.7. The summed E-state index contributed by atoms with van der Waals surface area (Å²) < 4.78 is 0. The molecule has 116 valence electrons. The van der Waals surface area contributed by atoms with Crippen molar-refractivity contribution in [2.75, 3.05) is 13.1 Å². The molecule has 0 aliphatic rings. The van der Waals surface area contributed by atoms with E-state index in [-0.39, 0.29) is 11.6 Å². The van der Waals surface area contributed by atoms with Gasteiger partial charge in [0.15, 0.2) is 0 Å². The zero-order valence-electron chi connectivity index (χ0n) is 12.6. The second-order valence-electron chi connectivity index (χ2n) is 4.21. The van der Waals surface area contributed by atoms with Crippen molar-refractivity contribution >= 4 is 11.9 Å². The topological polar surface area (TPSA) is 83.4 Å². The molecule has 2 aromatic heterocycles. The molecular formula is C16H19N3O3. The smallest absolute Gasteiger partial charge is 0.354 e. The Morgan fingerprint density at radius 3 is 1.77 bits per heavy atom. The van der Waals surface area contributed by atoms with Crippen molar-refractivity contribution in [2.24, 2.45) is 0 Å². The molecule has 0 unspecified atom stereocenters. The van der Waals surface area contributed by atoms with Crippen LogP contribution in [-0.2, 0) is 0 Å². The van der Waals surface area contributed by atoms with E-state index in [2.05, 4.69) is 9.97 Å². The number of carbonyl (C=O) groups excluding carboxylic acids is 1. The first-order valence-corrected chi connectivity index (χ1v) is 6.94.